The third-order valence-corrected chi connectivity index (χ3v) is 2.43. The summed E-state index contributed by atoms with van der Waals surface area (Å²) in [5, 5.41) is 9.02. The van der Waals surface area contributed by atoms with Gasteiger partial charge in [0.25, 0.3) is 0 Å². The molecule has 0 atom stereocenters. The average Bonchev–Trinajstić information content (AvgIpc) is 2.21. The van der Waals surface area contributed by atoms with E-state index in [1.807, 2.05) is 18.7 Å². The van der Waals surface area contributed by atoms with Crippen LogP contribution in [0.4, 0.5) is 5.82 Å². The molecule has 0 radical (unpaired) electrons. The van der Waals surface area contributed by atoms with Gasteiger partial charge in [-0.2, -0.15) is 0 Å². The molecule has 1 aromatic heterocycles. The first-order valence-corrected chi connectivity index (χ1v) is 5.12. The van der Waals surface area contributed by atoms with E-state index >= 15 is 0 Å². The van der Waals surface area contributed by atoms with Crippen LogP contribution >= 0.6 is 11.6 Å². The Morgan fingerprint density at radius 2 is 2.07 bits per heavy atom. The third kappa shape index (κ3) is 2.59. The fraction of sp³-hybridized carbons (Fsp3) is 0.400. The molecule has 0 aromatic carbocycles. The summed E-state index contributed by atoms with van der Waals surface area (Å²) < 4.78 is 0. The molecule has 0 aliphatic carbocycles. The molecule has 0 aliphatic rings. The van der Waals surface area contributed by atoms with Gasteiger partial charge in [0.15, 0.2) is 5.69 Å². The fourth-order valence-corrected chi connectivity index (χ4v) is 1.49. The van der Waals surface area contributed by atoms with Crippen LogP contribution in [-0.4, -0.2) is 29.1 Å². The highest BCUT2D eigenvalue weighted by molar-refractivity contribution is 6.33. The summed E-state index contributed by atoms with van der Waals surface area (Å²) in [6.45, 7) is 5.54. The summed E-state index contributed by atoms with van der Waals surface area (Å²) in [5.41, 5.74) is -0.0962. The molecule has 1 rings (SSSR count). The second-order valence-corrected chi connectivity index (χ2v) is 3.38. The molecule has 1 aromatic rings. The van der Waals surface area contributed by atoms with E-state index in [4.69, 9.17) is 16.7 Å². The number of aromatic nitrogens is 1. The monoisotopic (exact) mass is 228 g/mol. The molecule has 0 spiro atoms. The van der Waals surface area contributed by atoms with E-state index < -0.39 is 5.97 Å². The molecule has 0 saturated heterocycles. The van der Waals surface area contributed by atoms with Gasteiger partial charge in [0.1, 0.15) is 5.82 Å². The zero-order chi connectivity index (χ0) is 11.4. The van der Waals surface area contributed by atoms with Crippen molar-refractivity contribution in [2.75, 3.05) is 18.0 Å². The molecule has 1 heterocycles. The van der Waals surface area contributed by atoms with Gasteiger partial charge in [-0.15, -0.1) is 0 Å². The van der Waals surface area contributed by atoms with E-state index in [1.54, 1.807) is 12.1 Å². The minimum atomic E-state index is -1.10. The van der Waals surface area contributed by atoms with Gasteiger partial charge >= 0.3 is 5.97 Å². The zero-order valence-corrected chi connectivity index (χ0v) is 9.45. The van der Waals surface area contributed by atoms with Gasteiger partial charge in [-0.1, -0.05) is 11.6 Å². The predicted octanol–water partition coefficient (Wildman–Crippen LogP) is 2.28. The second kappa shape index (κ2) is 4.98. The second-order valence-electron chi connectivity index (χ2n) is 2.98. The fourth-order valence-electron chi connectivity index (χ4n) is 1.31. The van der Waals surface area contributed by atoms with Crippen molar-refractivity contribution in [1.29, 1.82) is 0 Å². The van der Waals surface area contributed by atoms with Crippen molar-refractivity contribution < 1.29 is 9.90 Å². The number of carbonyl (C=O) groups is 1. The number of carboxylic acid groups (broad SMARTS) is 1. The van der Waals surface area contributed by atoms with Crippen LogP contribution in [0.2, 0.25) is 5.02 Å². The Kier molecular flexibility index (Phi) is 3.91. The third-order valence-electron chi connectivity index (χ3n) is 2.12. The van der Waals surface area contributed by atoms with Crippen LogP contribution in [0.25, 0.3) is 0 Å². The summed E-state index contributed by atoms with van der Waals surface area (Å²) in [4.78, 5) is 16.8. The summed E-state index contributed by atoms with van der Waals surface area (Å²) in [6, 6.07) is 3.29. The predicted molar refractivity (Wildman–Crippen MR) is 59.8 cm³/mol. The summed E-state index contributed by atoms with van der Waals surface area (Å²) in [5.74, 6) is -0.462. The van der Waals surface area contributed by atoms with Crippen molar-refractivity contribution in [3.05, 3.63) is 22.8 Å². The normalized spacial score (nSPS) is 10.1. The number of anilines is 1. The summed E-state index contributed by atoms with van der Waals surface area (Å²) >= 11 is 5.72. The molecule has 0 bridgehead atoms. The minimum Gasteiger partial charge on any atom is -0.476 e. The maximum Gasteiger partial charge on any atom is 0.356 e. The Balaban J connectivity index is 3.11. The highest BCUT2D eigenvalue weighted by Gasteiger charge is 2.13. The highest BCUT2D eigenvalue weighted by atomic mass is 35.5. The van der Waals surface area contributed by atoms with E-state index in [0.717, 1.165) is 13.1 Å². The molecule has 0 aliphatic heterocycles. The van der Waals surface area contributed by atoms with Gasteiger partial charge in [0, 0.05) is 13.1 Å². The molecule has 0 saturated carbocycles. The van der Waals surface area contributed by atoms with Crippen LogP contribution in [-0.2, 0) is 0 Å². The van der Waals surface area contributed by atoms with Gasteiger partial charge in [-0.25, -0.2) is 9.78 Å². The number of rotatable bonds is 4. The van der Waals surface area contributed by atoms with Crippen LogP contribution in [0.3, 0.4) is 0 Å². The number of hydrogen-bond donors (Lipinski definition) is 1. The largest absolute Gasteiger partial charge is 0.476 e. The van der Waals surface area contributed by atoms with Gasteiger partial charge < -0.3 is 10.0 Å². The molecule has 82 valence electrons. The topological polar surface area (TPSA) is 53.4 Å². The van der Waals surface area contributed by atoms with Crippen molar-refractivity contribution in [3.8, 4) is 0 Å². The lowest BCUT2D eigenvalue weighted by Gasteiger charge is -2.19. The Morgan fingerprint density at radius 1 is 1.47 bits per heavy atom. The summed E-state index contributed by atoms with van der Waals surface area (Å²) in [6.07, 6.45) is 0. The Labute approximate surface area is 93.5 Å². The standard InChI is InChI=1S/C10H13ClN2O2/c1-3-13(4-2)8-6-5-7(11)9(12-8)10(14)15/h5-6H,3-4H2,1-2H3,(H,14,15). The van der Waals surface area contributed by atoms with Crippen molar-refractivity contribution in [3.63, 3.8) is 0 Å². The van der Waals surface area contributed by atoms with Crippen molar-refractivity contribution in [2.45, 2.75) is 13.8 Å². The first-order chi connectivity index (χ1) is 7.10. The van der Waals surface area contributed by atoms with Crippen LogP contribution in [0.1, 0.15) is 24.3 Å². The maximum atomic E-state index is 10.8. The van der Waals surface area contributed by atoms with Gasteiger partial charge in [-0.3, -0.25) is 0 Å². The number of halogens is 1. The van der Waals surface area contributed by atoms with Crippen molar-refractivity contribution in [1.82, 2.24) is 4.98 Å². The molecular weight excluding hydrogens is 216 g/mol. The maximum absolute atomic E-state index is 10.8. The quantitative estimate of drug-likeness (QED) is 0.859. The Morgan fingerprint density at radius 3 is 2.53 bits per heavy atom. The molecule has 4 nitrogen and oxygen atoms in total. The van der Waals surface area contributed by atoms with E-state index in [2.05, 4.69) is 4.98 Å². The lowest BCUT2D eigenvalue weighted by Crippen LogP contribution is -2.23. The molecule has 15 heavy (non-hydrogen) atoms. The van der Waals surface area contributed by atoms with Crippen LogP contribution in [0.5, 0.6) is 0 Å². The SMILES string of the molecule is CCN(CC)c1ccc(Cl)c(C(=O)O)n1. The van der Waals surface area contributed by atoms with E-state index in [1.165, 1.54) is 0 Å². The Hall–Kier alpha value is -1.29. The first-order valence-electron chi connectivity index (χ1n) is 4.74. The van der Waals surface area contributed by atoms with Crippen molar-refractivity contribution in [2.24, 2.45) is 0 Å². The molecule has 1 N–H and O–H groups in total. The van der Waals surface area contributed by atoms with Crippen LogP contribution < -0.4 is 4.90 Å². The molecular formula is C10H13ClN2O2. The lowest BCUT2D eigenvalue weighted by atomic mass is 10.3. The Bertz CT molecular complexity index is 364. The minimum absolute atomic E-state index is 0.0962. The number of carboxylic acids is 1. The average molecular weight is 229 g/mol. The molecule has 0 unspecified atom stereocenters. The number of hydrogen-bond acceptors (Lipinski definition) is 3. The zero-order valence-electron chi connectivity index (χ0n) is 8.70. The smallest absolute Gasteiger partial charge is 0.356 e. The van der Waals surface area contributed by atoms with Crippen LogP contribution in [0.15, 0.2) is 12.1 Å². The number of aromatic carboxylic acids is 1. The van der Waals surface area contributed by atoms with Gasteiger partial charge in [0.2, 0.25) is 0 Å². The lowest BCUT2D eigenvalue weighted by molar-refractivity contribution is 0.0691. The van der Waals surface area contributed by atoms with Gasteiger partial charge in [-0.05, 0) is 26.0 Å². The number of pyridine rings is 1. The first kappa shape index (κ1) is 11.8. The van der Waals surface area contributed by atoms with E-state index in [-0.39, 0.29) is 10.7 Å². The molecule has 0 amide bonds. The van der Waals surface area contributed by atoms with Crippen LogP contribution in [0, 0.1) is 0 Å². The highest BCUT2D eigenvalue weighted by Crippen LogP contribution is 2.19. The van der Waals surface area contributed by atoms with E-state index in [9.17, 15) is 4.79 Å². The van der Waals surface area contributed by atoms with Gasteiger partial charge in [0.05, 0.1) is 5.02 Å². The molecule has 5 heteroatoms. The number of nitrogens with zero attached hydrogens (tertiary/aromatic N) is 2. The summed E-state index contributed by atoms with van der Waals surface area (Å²) in [7, 11) is 0. The van der Waals surface area contributed by atoms with Crippen molar-refractivity contribution >= 4 is 23.4 Å². The molecule has 0 fully saturated rings. The van der Waals surface area contributed by atoms with E-state index in [0.29, 0.717) is 5.82 Å².